The summed E-state index contributed by atoms with van der Waals surface area (Å²) in [7, 11) is 0. The third-order valence-corrected chi connectivity index (χ3v) is 16.3. The molecule has 1 N–H and O–H groups in total. The first kappa shape index (κ1) is 39.3. The van der Waals surface area contributed by atoms with Crippen LogP contribution in [0.2, 0.25) is 0 Å². The highest BCUT2D eigenvalue weighted by atomic mass is 16.3. The van der Waals surface area contributed by atoms with Crippen LogP contribution in [0.25, 0.3) is 77.9 Å². The number of hydrogen-bond acceptors (Lipinski definition) is 1. The molecule has 4 aliphatic carbocycles. The van der Waals surface area contributed by atoms with Crippen LogP contribution in [0.4, 0.5) is 0 Å². The monoisotopic (exact) mass is 828 g/mol. The van der Waals surface area contributed by atoms with Crippen LogP contribution >= 0.6 is 0 Å². The fraction of sp³-hybridized carbons (Fsp3) is 0.238. The molecule has 0 spiro atoms. The highest BCUT2D eigenvalue weighted by Gasteiger charge is 2.40. The van der Waals surface area contributed by atoms with E-state index in [1.54, 1.807) is 0 Å². The zero-order chi connectivity index (χ0) is 44.2. The van der Waals surface area contributed by atoms with Gasteiger partial charge in [-0.2, -0.15) is 0 Å². The second-order valence-electron chi connectivity index (χ2n) is 21.5. The Morgan fingerprint density at radius 1 is 0.297 bits per heavy atom. The van der Waals surface area contributed by atoms with Gasteiger partial charge in [0.1, 0.15) is 0 Å². The van der Waals surface area contributed by atoms with Gasteiger partial charge in [0, 0.05) is 28.3 Å². The molecule has 0 amide bonds. The van der Waals surface area contributed by atoms with Crippen molar-refractivity contribution < 1.29 is 5.11 Å². The maximum Gasteiger partial charge on any atom is 0.0471 e. The standard InChI is InChI=1S/C63H56O/c1-36-10-18-44-46-20-12-38(30-54(46)60(2,3)52(44)28-36)40-14-22-48-50-24-16-42(34-58(50)62(6,7)56(48)32-40)43-17-25-51-49-23-15-41(33-57(49)63(8,9)59(51)35-43)39-13-21-47-45-19-11-37(26-27-64)29-53(45)61(4,5)55(47)31-39/h10-25,28-35,64H,26-27H2,1-9H3. The molecule has 0 saturated heterocycles. The first-order chi connectivity index (χ1) is 30.6. The van der Waals surface area contributed by atoms with Gasteiger partial charge in [0.05, 0.1) is 0 Å². The largest absolute Gasteiger partial charge is 0.396 e. The fourth-order valence-corrected chi connectivity index (χ4v) is 12.5. The van der Waals surface area contributed by atoms with Crippen LogP contribution in [-0.4, -0.2) is 11.7 Å². The molecule has 0 radical (unpaired) electrons. The Balaban J connectivity index is 0.846. The summed E-state index contributed by atoms with van der Waals surface area (Å²) < 4.78 is 0. The van der Waals surface area contributed by atoms with Crippen LogP contribution in [0.5, 0.6) is 0 Å². The molecule has 8 aromatic carbocycles. The number of benzene rings is 8. The minimum absolute atomic E-state index is 0.0321. The Kier molecular flexibility index (Phi) is 8.08. The van der Waals surface area contributed by atoms with Gasteiger partial charge in [0.25, 0.3) is 0 Å². The second-order valence-corrected chi connectivity index (χ2v) is 21.5. The zero-order valence-corrected chi connectivity index (χ0v) is 38.7. The van der Waals surface area contributed by atoms with Gasteiger partial charge >= 0.3 is 0 Å². The molecular weight excluding hydrogens is 773 g/mol. The molecule has 0 bridgehead atoms. The first-order valence-electron chi connectivity index (χ1n) is 23.3. The predicted molar refractivity (Wildman–Crippen MR) is 269 cm³/mol. The number of aryl methyl sites for hydroxylation is 1. The van der Waals surface area contributed by atoms with Gasteiger partial charge < -0.3 is 5.11 Å². The number of fused-ring (bicyclic) bond motifs is 12. The van der Waals surface area contributed by atoms with Gasteiger partial charge in [-0.05, 0) is 178 Å². The summed E-state index contributed by atoms with van der Waals surface area (Å²) in [5, 5.41) is 9.62. The fourth-order valence-electron chi connectivity index (χ4n) is 12.5. The minimum Gasteiger partial charge on any atom is -0.396 e. The van der Waals surface area contributed by atoms with Gasteiger partial charge in [-0.25, -0.2) is 0 Å². The normalized spacial score (nSPS) is 16.6. The Morgan fingerprint density at radius 3 is 0.812 bits per heavy atom. The number of rotatable bonds is 5. The van der Waals surface area contributed by atoms with E-state index >= 15 is 0 Å². The van der Waals surface area contributed by atoms with Crippen LogP contribution in [-0.2, 0) is 28.1 Å². The van der Waals surface area contributed by atoms with E-state index in [2.05, 4.69) is 208 Å². The topological polar surface area (TPSA) is 20.2 Å². The molecule has 0 aromatic heterocycles. The van der Waals surface area contributed by atoms with Crippen molar-refractivity contribution in [3.63, 3.8) is 0 Å². The van der Waals surface area contributed by atoms with Gasteiger partial charge in [-0.1, -0.05) is 170 Å². The molecule has 0 aliphatic heterocycles. The first-order valence-corrected chi connectivity index (χ1v) is 23.3. The van der Waals surface area contributed by atoms with Crippen molar-refractivity contribution in [2.75, 3.05) is 6.61 Å². The molecule has 0 saturated carbocycles. The van der Waals surface area contributed by atoms with Crippen LogP contribution in [0.3, 0.4) is 0 Å². The molecule has 4 aliphatic rings. The number of aliphatic hydroxyl groups is 1. The van der Waals surface area contributed by atoms with Gasteiger partial charge in [0.15, 0.2) is 0 Å². The van der Waals surface area contributed by atoms with Crippen molar-refractivity contribution in [3.8, 4) is 77.9 Å². The molecule has 1 nitrogen and oxygen atoms in total. The molecule has 0 heterocycles. The molecule has 64 heavy (non-hydrogen) atoms. The number of aliphatic hydroxyl groups excluding tert-OH is 1. The maximum atomic E-state index is 9.62. The quantitative estimate of drug-likeness (QED) is 0.183. The van der Waals surface area contributed by atoms with Crippen LogP contribution < -0.4 is 0 Å². The lowest BCUT2D eigenvalue weighted by atomic mass is 9.79. The molecule has 0 atom stereocenters. The molecule has 12 rings (SSSR count). The van der Waals surface area contributed by atoms with Crippen LogP contribution in [0.15, 0.2) is 146 Å². The van der Waals surface area contributed by atoms with Crippen LogP contribution in [0, 0.1) is 6.92 Å². The SMILES string of the molecule is Cc1ccc2c(c1)C(C)(C)c1cc(-c3ccc4c(c3)C(C)(C)c3cc(-c5ccc6c(c5)C(C)(C)c5cc(-c7ccc8c(c7)C(C)(C)c7cc(CCO)ccc7-8)ccc5-6)ccc3-4)ccc1-2. The van der Waals surface area contributed by atoms with Gasteiger partial charge in [-0.15, -0.1) is 0 Å². The van der Waals surface area contributed by atoms with E-state index in [1.807, 2.05) is 0 Å². The molecule has 1 heteroatoms. The van der Waals surface area contributed by atoms with Crippen molar-refractivity contribution >= 4 is 0 Å². The Hall–Kier alpha value is -6.28. The number of hydrogen-bond donors (Lipinski definition) is 1. The smallest absolute Gasteiger partial charge is 0.0471 e. The Morgan fingerprint density at radius 2 is 0.531 bits per heavy atom. The van der Waals surface area contributed by atoms with Crippen molar-refractivity contribution in [3.05, 3.63) is 201 Å². The minimum atomic E-state index is -0.150. The molecule has 0 unspecified atom stereocenters. The van der Waals surface area contributed by atoms with Gasteiger partial charge in [0.2, 0.25) is 0 Å². The summed E-state index contributed by atoms with van der Waals surface area (Å²) in [4.78, 5) is 0. The summed E-state index contributed by atoms with van der Waals surface area (Å²) in [5.74, 6) is 0. The van der Waals surface area contributed by atoms with E-state index < -0.39 is 0 Å². The van der Waals surface area contributed by atoms with Gasteiger partial charge in [-0.3, -0.25) is 0 Å². The van der Waals surface area contributed by atoms with E-state index in [1.165, 1.54) is 134 Å². The summed E-state index contributed by atoms with van der Waals surface area (Å²) in [5.41, 5.74) is 31.7. The van der Waals surface area contributed by atoms with Crippen LogP contribution in [0.1, 0.15) is 111 Å². The zero-order valence-electron chi connectivity index (χ0n) is 38.7. The Labute approximate surface area is 379 Å². The maximum absolute atomic E-state index is 9.62. The molecule has 0 fully saturated rings. The Bertz CT molecular complexity index is 3350. The van der Waals surface area contributed by atoms with E-state index in [-0.39, 0.29) is 28.3 Å². The summed E-state index contributed by atoms with van der Waals surface area (Å²) in [6.45, 7) is 21.4. The lowest BCUT2D eigenvalue weighted by Crippen LogP contribution is -2.16. The highest BCUT2D eigenvalue weighted by Crippen LogP contribution is 2.55. The third kappa shape index (κ3) is 5.34. The van der Waals surface area contributed by atoms with E-state index in [9.17, 15) is 5.11 Å². The average Bonchev–Trinajstić information content (AvgIpc) is 3.85. The molecule has 8 aromatic rings. The van der Waals surface area contributed by atoms with E-state index in [4.69, 9.17) is 0 Å². The molecular formula is C63H56O. The van der Waals surface area contributed by atoms with E-state index in [0.29, 0.717) is 6.42 Å². The third-order valence-electron chi connectivity index (χ3n) is 16.3. The lowest BCUT2D eigenvalue weighted by Gasteiger charge is -2.24. The second kappa shape index (κ2) is 13.2. The summed E-state index contributed by atoms with van der Waals surface area (Å²) >= 11 is 0. The summed E-state index contributed by atoms with van der Waals surface area (Å²) in [6.07, 6.45) is 0.688. The summed E-state index contributed by atoms with van der Waals surface area (Å²) in [6, 6.07) is 56.6. The van der Waals surface area contributed by atoms with Crippen molar-refractivity contribution in [1.29, 1.82) is 0 Å². The molecule has 314 valence electrons. The van der Waals surface area contributed by atoms with Crippen molar-refractivity contribution in [2.45, 2.75) is 90.4 Å². The van der Waals surface area contributed by atoms with Crippen molar-refractivity contribution in [2.24, 2.45) is 0 Å². The van der Waals surface area contributed by atoms with E-state index in [0.717, 1.165) is 0 Å². The predicted octanol–water partition coefficient (Wildman–Crippen LogP) is 15.8. The lowest BCUT2D eigenvalue weighted by molar-refractivity contribution is 0.299. The van der Waals surface area contributed by atoms with Crippen molar-refractivity contribution in [1.82, 2.24) is 0 Å². The highest BCUT2D eigenvalue weighted by molar-refractivity contribution is 5.91. The average molecular weight is 829 g/mol.